The molecular weight excluding hydrogens is 250 g/mol. The van der Waals surface area contributed by atoms with E-state index in [1.807, 2.05) is 0 Å². The van der Waals surface area contributed by atoms with Gasteiger partial charge >= 0.3 is 0 Å². The molecule has 0 atom stereocenters. The predicted molar refractivity (Wildman–Crippen MR) is 67.4 cm³/mol. The first-order valence-corrected chi connectivity index (χ1v) is 5.71. The Morgan fingerprint density at radius 2 is 1.89 bits per heavy atom. The summed E-state index contributed by atoms with van der Waals surface area (Å²) in [5.41, 5.74) is 6.41. The third-order valence-electron chi connectivity index (χ3n) is 2.72. The Morgan fingerprint density at radius 1 is 1.16 bits per heavy atom. The van der Waals surface area contributed by atoms with Gasteiger partial charge in [-0.2, -0.15) is 0 Å². The maximum absolute atomic E-state index is 13.4. The van der Waals surface area contributed by atoms with Crippen LogP contribution in [0.4, 0.5) is 14.6 Å². The average Bonchev–Trinajstić information content (AvgIpc) is 2.36. The number of nitrogen functional groups attached to an aromatic ring is 1. The molecule has 0 aliphatic carbocycles. The number of hydrogen-bond acceptors (Lipinski definition) is 3. The fourth-order valence-corrected chi connectivity index (χ4v) is 1.75. The maximum Gasteiger partial charge on any atom is 0.141 e. The molecule has 0 bridgehead atoms. The van der Waals surface area contributed by atoms with Gasteiger partial charge in [0.2, 0.25) is 0 Å². The van der Waals surface area contributed by atoms with E-state index >= 15 is 0 Å². The van der Waals surface area contributed by atoms with E-state index in [4.69, 9.17) is 5.73 Å². The van der Waals surface area contributed by atoms with E-state index in [2.05, 4.69) is 4.98 Å². The summed E-state index contributed by atoms with van der Waals surface area (Å²) in [5, 5.41) is 0. The van der Waals surface area contributed by atoms with E-state index in [1.54, 1.807) is 12.1 Å². The molecule has 98 valence electrons. The number of anilines is 1. The van der Waals surface area contributed by atoms with Gasteiger partial charge in [-0.15, -0.1) is 0 Å². The molecule has 0 spiro atoms. The number of nitrogens with two attached hydrogens (primary N) is 1. The van der Waals surface area contributed by atoms with Gasteiger partial charge in [-0.05, 0) is 17.7 Å². The number of carbonyl (C=O) groups excluding carboxylic acids is 1. The number of halogens is 2. The highest BCUT2D eigenvalue weighted by atomic mass is 19.1. The lowest BCUT2D eigenvalue weighted by Gasteiger charge is -2.05. The number of aromatic nitrogens is 1. The number of pyridine rings is 1. The van der Waals surface area contributed by atoms with Crippen molar-refractivity contribution in [3.05, 3.63) is 59.3 Å². The number of carbonyl (C=O) groups is 1. The summed E-state index contributed by atoms with van der Waals surface area (Å²) in [6.45, 7) is 0. The van der Waals surface area contributed by atoms with Crippen LogP contribution in [-0.2, 0) is 17.6 Å². The second-order valence-corrected chi connectivity index (χ2v) is 4.18. The van der Waals surface area contributed by atoms with Crippen LogP contribution in [0.2, 0.25) is 0 Å². The van der Waals surface area contributed by atoms with Crippen molar-refractivity contribution in [3.63, 3.8) is 0 Å². The quantitative estimate of drug-likeness (QED) is 0.919. The smallest absolute Gasteiger partial charge is 0.141 e. The highest BCUT2D eigenvalue weighted by molar-refractivity contribution is 5.84. The van der Waals surface area contributed by atoms with Gasteiger partial charge in [0.1, 0.15) is 23.2 Å². The molecule has 2 N–H and O–H groups in total. The Kier molecular flexibility index (Phi) is 3.85. The van der Waals surface area contributed by atoms with E-state index in [0.717, 1.165) is 12.1 Å². The lowest BCUT2D eigenvalue weighted by Crippen LogP contribution is -2.10. The molecule has 2 aromatic rings. The van der Waals surface area contributed by atoms with Crippen molar-refractivity contribution >= 4 is 11.6 Å². The van der Waals surface area contributed by atoms with Gasteiger partial charge in [-0.3, -0.25) is 4.79 Å². The van der Waals surface area contributed by atoms with E-state index in [0.29, 0.717) is 5.56 Å². The molecule has 2 rings (SSSR count). The number of nitrogens with zero attached hydrogens (tertiary/aromatic N) is 1. The molecule has 1 aromatic heterocycles. The largest absolute Gasteiger partial charge is 0.383 e. The Hall–Kier alpha value is -2.30. The summed E-state index contributed by atoms with van der Waals surface area (Å²) in [7, 11) is 0. The number of benzene rings is 1. The standard InChI is InChI=1S/C14H12F2N2O/c15-11-4-3-9(13(16)8-11)6-12(19)7-10-2-1-5-18-14(10)17/h1-5,8H,6-7H2,(H2,17,18). The summed E-state index contributed by atoms with van der Waals surface area (Å²) in [4.78, 5) is 15.7. The normalized spacial score (nSPS) is 10.4. The number of rotatable bonds is 4. The van der Waals surface area contributed by atoms with Gasteiger partial charge in [0.15, 0.2) is 0 Å². The fourth-order valence-electron chi connectivity index (χ4n) is 1.75. The molecule has 0 radical (unpaired) electrons. The van der Waals surface area contributed by atoms with Crippen LogP contribution in [0.1, 0.15) is 11.1 Å². The Balaban J connectivity index is 2.08. The van der Waals surface area contributed by atoms with Crippen molar-refractivity contribution in [3.8, 4) is 0 Å². The topological polar surface area (TPSA) is 56.0 Å². The van der Waals surface area contributed by atoms with Gasteiger partial charge < -0.3 is 5.73 Å². The molecule has 1 aromatic carbocycles. The highest BCUT2D eigenvalue weighted by Crippen LogP contribution is 2.13. The first-order valence-electron chi connectivity index (χ1n) is 5.71. The van der Waals surface area contributed by atoms with Crippen LogP contribution >= 0.6 is 0 Å². The Bertz CT molecular complexity index is 614. The van der Waals surface area contributed by atoms with Gasteiger partial charge in [-0.1, -0.05) is 12.1 Å². The molecule has 0 saturated carbocycles. The monoisotopic (exact) mass is 262 g/mol. The SMILES string of the molecule is Nc1ncccc1CC(=O)Cc1ccc(F)cc1F. The van der Waals surface area contributed by atoms with Crippen molar-refractivity contribution < 1.29 is 13.6 Å². The van der Waals surface area contributed by atoms with Gasteiger partial charge in [-0.25, -0.2) is 13.8 Å². The van der Waals surface area contributed by atoms with Crippen LogP contribution in [-0.4, -0.2) is 10.8 Å². The number of hydrogen-bond donors (Lipinski definition) is 1. The number of Topliss-reactive ketones (excluding diaryl/α,β-unsaturated/α-hetero) is 1. The van der Waals surface area contributed by atoms with Crippen molar-refractivity contribution in [1.29, 1.82) is 0 Å². The Morgan fingerprint density at radius 3 is 2.58 bits per heavy atom. The molecule has 19 heavy (non-hydrogen) atoms. The summed E-state index contributed by atoms with van der Waals surface area (Å²) < 4.78 is 26.1. The molecule has 0 unspecified atom stereocenters. The number of ketones is 1. The van der Waals surface area contributed by atoms with E-state index < -0.39 is 11.6 Å². The average molecular weight is 262 g/mol. The van der Waals surface area contributed by atoms with Gasteiger partial charge in [0.25, 0.3) is 0 Å². The highest BCUT2D eigenvalue weighted by Gasteiger charge is 2.11. The van der Waals surface area contributed by atoms with Gasteiger partial charge in [0, 0.05) is 30.7 Å². The zero-order valence-corrected chi connectivity index (χ0v) is 10.1. The minimum Gasteiger partial charge on any atom is -0.383 e. The summed E-state index contributed by atoms with van der Waals surface area (Å²) >= 11 is 0. The predicted octanol–water partition coefficient (Wildman–Crippen LogP) is 2.30. The van der Waals surface area contributed by atoms with Crippen LogP contribution in [0.25, 0.3) is 0 Å². The second-order valence-electron chi connectivity index (χ2n) is 4.18. The van der Waals surface area contributed by atoms with Crippen LogP contribution in [0.5, 0.6) is 0 Å². The Labute approximate surface area is 109 Å². The molecule has 0 aliphatic heterocycles. The van der Waals surface area contributed by atoms with Crippen molar-refractivity contribution in [1.82, 2.24) is 4.98 Å². The minimum atomic E-state index is -0.715. The van der Waals surface area contributed by atoms with E-state index in [1.165, 1.54) is 12.3 Å². The molecule has 5 heteroatoms. The summed E-state index contributed by atoms with van der Waals surface area (Å²) in [6, 6.07) is 6.54. The third kappa shape index (κ3) is 3.34. The van der Waals surface area contributed by atoms with Crippen LogP contribution in [0, 0.1) is 11.6 Å². The lowest BCUT2D eigenvalue weighted by molar-refractivity contribution is -0.117. The molecular formula is C14H12F2N2O. The zero-order valence-electron chi connectivity index (χ0n) is 10.1. The fraction of sp³-hybridized carbons (Fsp3) is 0.143. The molecule has 0 amide bonds. The molecule has 0 aliphatic rings. The molecule has 0 fully saturated rings. The first-order chi connectivity index (χ1) is 9.06. The molecule has 3 nitrogen and oxygen atoms in total. The van der Waals surface area contributed by atoms with Crippen molar-refractivity contribution in [2.24, 2.45) is 0 Å². The molecule has 0 saturated heterocycles. The summed E-state index contributed by atoms with van der Waals surface area (Å²) in [6.07, 6.45) is 1.51. The van der Waals surface area contributed by atoms with E-state index in [-0.39, 0.29) is 30.0 Å². The molecule has 1 heterocycles. The van der Waals surface area contributed by atoms with Crippen LogP contribution in [0.15, 0.2) is 36.5 Å². The van der Waals surface area contributed by atoms with E-state index in [9.17, 15) is 13.6 Å². The van der Waals surface area contributed by atoms with Crippen molar-refractivity contribution in [2.75, 3.05) is 5.73 Å². The van der Waals surface area contributed by atoms with Crippen LogP contribution < -0.4 is 5.73 Å². The van der Waals surface area contributed by atoms with Gasteiger partial charge in [0.05, 0.1) is 0 Å². The van der Waals surface area contributed by atoms with Crippen LogP contribution in [0.3, 0.4) is 0 Å². The lowest BCUT2D eigenvalue weighted by atomic mass is 10.0. The first kappa shape index (κ1) is 13.1. The third-order valence-corrected chi connectivity index (χ3v) is 2.72. The maximum atomic E-state index is 13.4. The summed E-state index contributed by atoms with van der Waals surface area (Å²) in [5.74, 6) is -1.29. The second kappa shape index (κ2) is 5.56. The minimum absolute atomic E-state index is 0.0799. The van der Waals surface area contributed by atoms with Crippen molar-refractivity contribution in [2.45, 2.75) is 12.8 Å². The zero-order chi connectivity index (χ0) is 13.8.